The largest absolute Gasteiger partial charge is 0.481 e. The highest BCUT2D eigenvalue weighted by atomic mass is 32.1. The summed E-state index contributed by atoms with van der Waals surface area (Å²) < 4.78 is 5.05. The van der Waals surface area contributed by atoms with E-state index >= 15 is 0 Å². The number of nitrogens with one attached hydrogen (secondary N) is 1. The molecule has 0 saturated heterocycles. The summed E-state index contributed by atoms with van der Waals surface area (Å²) in [6.07, 6.45) is 2.37. The van der Waals surface area contributed by atoms with Gasteiger partial charge in [0.15, 0.2) is 0 Å². The van der Waals surface area contributed by atoms with Crippen molar-refractivity contribution in [1.82, 2.24) is 0 Å². The summed E-state index contributed by atoms with van der Waals surface area (Å²) in [7, 11) is 0. The predicted molar refractivity (Wildman–Crippen MR) is 77.8 cm³/mol. The molecule has 21 heavy (non-hydrogen) atoms. The van der Waals surface area contributed by atoms with Gasteiger partial charge >= 0.3 is 11.9 Å². The third kappa shape index (κ3) is 3.60. The van der Waals surface area contributed by atoms with Crippen LogP contribution in [0.1, 0.15) is 47.0 Å². The van der Waals surface area contributed by atoms with Gasteiger partial charge in [-0.3, -0.25) is 9.59 Å². The number of hydrogen-bond acceptors (Lipinski definition) is 5. The Balaban J connectivity index is 2.17. The third-order valence-corrected chi connectivity index (χ3v) is 4.43. The van der Waals surface area contributed by atoms with Crippen LogP contribution in [0.15, 0.2) is 0 Å². The first-order chi connectivity index (χ1) is 10.0. The average molecular weight is 311 g/mol. The molecule has 2 N–H and O–H groups in total. The Hall–Kier alpha value is -1.89. The number of amides is 1. The molecule has 2 rings (SSSR count). The van der Waals surface area contributed by atoms with E-state index in [9.17, 15) is 14.4 Å². The Kier molecular flexibility index (Phi) is 4.95. The Labute approximate surface area is 126 Å². The van der Waals surface area contributed by atoms with Crippen LogP contribution in [-0.4, -0.2) is 29.6 Å². The number of carboxylic acid groups (broad SMARTS) is 1. The summed E-state index contributed by atoms with van der Waals surface area (Å²) in [4.78, 5) is 35.4. The molecular weight excluding hydrogens is 294 g/mol. The Bertz CT molecular complexity index is 578. The molecule has 0 spiro atoms. The Morgan fingerprint density at radius 1 is 1.29 bits per heavy atom. The van der Waals surface area contributed by atoms with Gasteiger partial charge < -0.3 is 15.2 Å². The van der Waals surface area contributed by atoms with E-state index in [1.165, 1.54) is 11.3 Å². The van der Waals surface area contributed by atoms with Crippen molar-refractivity contribution in [3.05, 3.63) is 16.0 Å². The van der Waals surface area contributed by atoms with Gasteiger partial charge in [0, 0.05) is 11.3 Å². The van der Waals surface area contributed by atoms with E-state index < -0.39 is 17.8 Å². The van der Waals surface area contributed by atoms with Gasteiger partial charge in [0.1, 0.15) is 5.00 Å². The van der Waals surface area contributed by atoms with E-state index in [1.54, 1.807) is 6.92 Å². The highest BCUT2D eigenvalue weighted by Gasteiger charge is 2.28. The van der Waals surface area contributed by atoms with Gasteiger partial charge in [0.25, 0.3) is 0 Å². The molecule has 0 aliphatic heterocycles. The number of carbonyl (C=O) groups excluding carboxylic acids is 2. The van der Waals surface area contributed by atoms with Crippen LogP contribution in [0.4, 0.5) is 5.00 Å². The van der Waals surface area contributed by atoms with Crippen molar-refractivity contribution < 1.29 is 24.2 Å². The van der Waals surface area contributed by atoms with E-state index in [4.69, 9.17) is 9.84 Å². The molecule has 1 amide bonds. The van der Waals surface area contributed by atoms with Crippen molar-refractivity contribution in [2.75, 3.05) is 11.9 Å². The SMILES string of the molecule is CCOC(=O)c1c(NC(=O)CCC(=O)O)sc2c1CCC2. The number of thiophene rings is 1. The average Bonchev–Trinajstić information content (AvgIpc) is 2.96. The van der Waals surface area contributed by atoms with Gasteiger partial charge in [-0.05, 0) is 31.7 Å². The number of esters is 1. The van der Waals surface area contributed by atoms with E-state index in [2.05, 4.69) is 5.32 Å². The van der Waals surface area contributed by atoms with Crippen LogP contribution in [0, 0.1) is 0 Å². The first-order valence-electron chi connectivity index (χ1n) is 6.86. The van der Waals surface area contributed by atoms with E-state index in [1.807, 2.05) is 0 Å². The lowest BCUT2D eigenvalue weighted by Gasteiger charge is -2.07. The second-order valence-corrected chi connectivity index (χ2v) is 5.83. The highest BCUT2D eigenvalue weighted by molar-refractivity contribution is 7.17. The van der Waals surface area contributed by atoms with Crippen LogP contribution >= 0.6 is 11.3 Å². The molecule has 0 saturated carbocycles. The van der Waals surface area contributed by atoms with Crippen LogP contribution in [0.25, 0.3) is 0 Å². The fourth-order valence-electron chi connectivity index (χ4n) is 2.32. The lowest BCUT2D eigenvalue weighted by molar-refractivity contribution is -0.138. The smallest absolute Gasteiger partial charge is 0.341 e. The zero-order valence-corrected chi connectivity index (χ0v) is 12.5. The van der Waals surface area contributed by atoms with Gasteiger partial charge in [-0.2, -0.15) is 0 Å². The van der Waals surface area contributed by atoms with Gasteiger partial charge in [0.05, 0.1) is 18.6 Å². The van der Waals surface area contributed by atoms with Gasteiger partial charge in [-0.25, -0.2) is 4.79 Å². The Morgan fingerprint density at radius 3 is 2.71 bits per heavy atom. The maximum atomic E-state index is 12.1. The summed E-state index contributed by atoms with van der Waals surface area (Å²) in [5.41, 5.74) is 1.41. The molecule has 1 aliphatic carbocycles. The Morgan fingerprint density at radius 2 is 2.05 bits per heavy atom. The molecule has 0 unspecified atom stereocenters. The van der Waals surface area contributed by atoms with Crippen molar-refractivity contribution in [2.24, 2.45) is 0 Å². The summed E-state index contributed by atoms with van der Waals surface area (Å²) >= 11 is 1.39. The molecule has 6 nitrogen and oxygen atoms in total. The van der Waals surface area contributed by atoms with Gasteiger partial charge in [-0.15, -0.1) is 11.3 Å². The number of hydrogen-bond donors (Lipinski definition) is 2. The molecule has 7 heteroatoms. The van der Waals surface area contributed by atoms with Crippen molar-refractivity contribution in [3.63, 3.8) is 0 Å². The fourth-order valence-corrected chi connectivity index (χ4v) is 3.61. The van der Waals surface area contributed by atoms with Crippen LogP contribution in [0.3, 0.4) is 0 Å². The summed E-state index contributed by atoms with van der Waals surface area (Å²) in [6, 6.07) is 0. The molecule has 0 fully saturated rings. The molecule has 1 heterocycles. The molecule has 1 aromatic heterocycles. The number of rotatable bonds is 6. The first-order valence-corrected chi connectivity index (χ1v) is 7.67. The minimum Gasteiger partial charge on any atom is -0.481 e. The van der Waals surface area contributed by atoms with Crippen molar-refractivity contribution in [2.45, 2.75) is 39.0 Å². The fraction of sp³-hybridized carbons (Fsp3) is 0.500. The zero-order chi connectivity index (χ0) is 15.4. The maximum Gasteiger partial charge on any atom is 0.341 e. The standard InChI is InChI=1S/C14H17NO5S/c1-2-20-14(19)12-8-4-3-5-9(8)21-13(12)15-10(16)6-7-11(17)18/h2-7H2,1H3,(H,15,16)(H,17,18). The van der Waals surface area contributed by atoms with Gasteiger partial charge in [0.2, 0.25) is 5.91 Å². The van der Waals surface area contributed by atoms with E-state index in [0.29, 0.717) is 10.6 Å². The van der Waals surface area contributed by atoms with E-state index in [0.717, 1.165) is 29.7 Å². The molecule has 0 aromatic carbocycles. The van der Waals surface area contributed by atoms with Crippen molar-refractivity contribution >= 4 is 34.2 Å². The van der Waals surface area contributed by atoms with Gasteiger partial charge in [-0.1, -0.05) is 0 Å². The molecule has 1 aliphatic rings. The molecule has 0 bridgehead atoms. The van der Waals surface area contributed by atoms with E-state index in [-0.39, 0.29) is 19.4 Å². The first kappa shape index (κ1) is 15.5. The molecule has 1 aromatic rings. The predicted octanol–water partition coefficient (Wildman–Crippen LogP) is 2.22. The number of aliphatic carboxylic acids is 1. The highest BCUT2D eigenvalue weighted by Crippen LogP contribution is 2.39. The monoisotopic (exact) mass is 311 g/mol. The van der Waals surface area contributed by atoms with Crippen molar-refractivity contribution in [3.8, 4) is 0 Å². The topological polar surface area (TPSA) is 92.7 Å². The van der Waals surface area contributed by atoms with Crippen LogP contribution in [0.5, 0.6) is 0 Å². The molecule has 114 valence electrons. The number of ether oxygens (including phenoxy) is 1. The number of aryl methyl sites for hydroxylation is 1. The molecular formula is C14H17NO5S. The number of anilines is 1. The minimum atomic E-state index is -1.02. The summed E-state index contributed by atoms with van der Waals surface area (Å²) in [5.74, 6) is -1.85. The minimum absolute atomic E-state index is 0.111. The van der Waals surface area contributed by atoms with Crippen LogP contribution < -0.4 is 5.32 Å². The van der Waals surface area contributed by atoms with Crippen molar-refractivity contribution in [1.29, 1.82) is 0 Å². The molecule has 0 radical (unpaired) electrons. The number of carbonyl (C=O) groups is 3. The van der Waals surface area contributed by atoms with Crippen LogP contribution in [-0.2, 0) is 27.2 Å². The second-order valence-electron chi connectivity index (χ2n) is 4.72. The second kappa shape index (κ2) is 6.71. The molecule has 0 atom stereocenters. The quantitative estimate of drug-likeness (QED) is 0.786. The third-order valence-electron chi connectivity index (χ3n) is 3.22. The summed E-state index contributed by atoms with van der Waals surface area (Å²) in [6.45, 7) is 2.01. The lowest BCUT2D eigenvalue weighted by atomic mass is 10.1. The normalized spacial score (nSPS) is 12.8. The maximum absolute atomic E-state index is 12.1. The van der Waals surface area contributed by atoms with Crippen LogP contribution in [0.2, 0.25) is 0 Å². The number of carboxylic acids is 1. The zero-order valence-electron chi connectivity index (χ0n) is 11.7. The summed E-state index contributed by atoms with van der Waals surface area (Å²) in [5, 5.41) is 11.7. The number of fused-ring (bicyclic) bond motifs is 1. The lowest BCUT2D eigenvalue weighted by Crippen LogP contribution is -2.15.